The van der Waals surface area contributed by atoms with E-state index in [1.165, 1.54) is 32.1 Å². The van der Waals surface area contributed by atoms with Gasteiger partial charge in [-0.2, -0.15) is 0 Å². The van der Waals surface area contributed by atoms with Gasteiger partial charge in [-0.3, -0.25) is 0 Å². The van der Waals surface area contributed by atoms with Crippen LogP contribution in [-0.4, -0.2) is 12.7 Å². The summed E-state index contributed by atoms with van der Waals surface area (Å²) < 4.78 is 5.72. The van der Waals surface area contributed by atoms with Gasteiger partial charge in [-0.05, 0) is 19.3 Å². The molecule has 79 valence electrons. The molecule has 0 fully saturated rings. The fraction of sp³-hybridized carbons (Fsp3) is 0.917. The summed E-state index contributed by atoms with van der Waals surface area (Å²) in [5.74, 6) is 0. The molecule has 0 amide bonds. The van der Waals surface area contributed by atoms with E-state index in [4.69, 9.17) is 4.74 Å². The molecular formula is C12H25O. The SMILES string of the molecule is [CH2]CC(CCC)OCCCCCC. The third-order valence-corrected chi connectivity index (χ3v) is 2.28. The van der Waals surface area contributed by atoms with E-state index in [-0.39, 0.29) is 0 Å². The van der Waals surface area contributed by atoms with Gasteiger partial charge in [0.05, 0.1) is 6.10 Å². The van der Waals surface area contributed by atoms with E-state index in [1.807, 2.05) is 0 Å². The molecule has 0 aliphatic carbocycles. The molecule has 1 radical (unpaired) electrons. The molecule has 0 heterocycles. The predicted molar refractivity (Wildman–Crippen MR) is 58.8 cm³/mol. The third kappa shape index (κ3) is 8.29. The molecule has 0 bridgehead atoms. The van der Waals surface area contributed by atoms with Crippen LogP contribution < -0.4 is 0 Å². The first kappa shape index (κ1) is 13.0. The highest BCUT2D eigenvalue weighted by Gasteiger charge is 2.03. The largest absolute Gasteiger partial charge is 0.378 e. The van der Waals surface area contributed by atoms with E-state index in [0.717, 1.165) is 19.4 Å². The Labute approximate surface area is 83.9 Å². The Kier molecular flexibility index (Phi) is 10.0. The minimum Gasteiger partial charge on any atom is -0.378 e. The second-order valence-electron chi connectivity index (χ2n) is 3.63. The minimum atomic E-state index is 0.409. The highest BCUT2D eigenvalue weighted by molar-refractivity contribution is 4.58. The molecule has 1 atom stereocenters. The van der Waals surface area contributed by atoms with Gasteiger partial charge in [-0.1, -0.05) is 46.5 Å². The van der Waals surface area contributed by atoms with Gasteiger partial charge >= 0.3 is 0 Å². The average Bonchev–Trinajstić information content (AvgIpc) is 2.16. The number of unbranched alkanes of at least 4 members (excludes halogenated alkanes) is 3. The van der Waals surface area contributed by atoms with Crippen LogP contribution >= 0.6 is 0 Å². The predicted octanol–water partition coefficient (Wildman–Crippen LogP) is 3.98. The van der Waals surface area contributed by atoms with Crippen LogP contribution in [-0.2, 0) is 4.74 Å². The Morgan fingerprint density at radius 1 is 1.08 bits per heavy atom. The zero-order chi connectivity index (χ0) is 9.94. The first-order valence-electron chi connectivity index (χ1n) is 5.76. The summed E-state index contributed by atoms with van der Waals surface area (Å²) in [6.07, 6.45) is 8.86. The highest BCUT2D eigenvalue weighted by Crippen LogP contribution is 2.07. The van der Waals surface area contributed by atoms with Crippen molar-refractivity contribution in [1.29, 1.82) is 0 Å². The van der Waals surface area contributed by atoms with Gasteiger partial charge in [0.15, 0.2) is 0 Å². The Balaban J connectivity index is 3.17. The van der Waals surface area contributed by atoms with Crippen LogP contribution in [0.2, 0.25) is 0 Å². The average molecular weight is 185 g/mol. The summed E-state index contributed by atoms with van der Waals surface area (Å²) in [5, 5.41) is 0. The second-order valence-corrected chi connectivity index (χ2v) is 3.63. The zero-order valence-corrected chi connectivity index (χ0v) is 9.35. The van der Waals surface area contributed by atoms with E-state index >= 15 is 0 Å². The lowest BCUT2D eigenvalue weighted by molar-refractivity contribution is 0.0460. The van der Waals surface area contributed by atoms with Gasteiger partial charge in [-0.15, -0.1) is 0 Å². The Morgan fingerprint density at radius 2 is 1.85 bits per heavy atom. The van der Waals surface area contributed by atoms with Crippen molar-refractivity contribution in [3.63, 3.8) is 0 Å². The van der Waals surface area contributed by atoms with E-state index in [1.54, 1.807) is 0 Å². The number of hydrogen-bond acceptors (Lipinski definition) is 1. The third-order valence-electron chi connectivity index (χ3n) is 2.28. The molecule has 1 heteroatoms. The van der Waals surface area contributed by atoms with Crippen LogP contribution in [0.1, 0.15) is 58.8 Å². The Bertz CT molecular complexity index is 91.1. The summed E-state index contributed by atoms with van der Waals surface area (Å²) in [7, 11) is 0. The fourth-order valence-corrected chi connectivity index (χ4v) is 1.41. The molecule has 0 aliphatic heterocycles. The molecule has 1 unspecified atom stereocenters. The zero-order valence-electron chi connectivity index (χ0n) is 9.35. The van der Waals surface area contributed by atoms with Crippen LogP contribution in [0.3, 0.4) is 0 Å². The molecule has 0 rings (SSSR count). The first-order valence-corrected chi connectivity index (χ1v) is 5.76. The first-order chi connectivity index (χ1) is 6.35. The fourth-order valence-electron chi connectivity index (χ4n) is 1.41. The van der Waals surface area contributed by atoms with Crippen molar-refractivity contribution in [2.45, 2.75) is 64.9 Å². The van der Waals surface area contributed by atoms with Crippen LogP contribution in [0.15, 0.2) is 0 Å². The molecule has 0 aromatic carbocycles. The quantitative estimate of drug-likeness (QED) is 0.494. The van der Waals surface area contributed by atoms with Crippen LogP contribution in [0.4, 0.5) is 0 Å². The van der Waals surface area contributed by atoms with E-state index in [2.05, 4.69) is 20.8 Å². The smallest absolute Gasteiger partial charge is 0.0575 e. The lowest BCUT2D eigenvalue weighted by Crippen LogP contribution is -2.12. The summed E-state index contributed by atoms with van der Waals surface area (Å²) in [6, 6.07) is 0. The molecule has 1 nitrogen and oxygen atoms in total. The molecule has 0 N–H and O–H groups in total. The lowest BCUT2D eigenvalue weighted by Gasteiger charge is -2.14. The van der Waals surface area contributed by atoms with Crippen LogP contribution in [0.25, 0.3) is 0 Å². The normalized spacial score (nSPS) is 13.2. The second kappa shape index (κ2) is 10.0. The molecule has 0 saturated heterocycles. The lowest BCUT2D eigenvalue weighted by atomic mass is 10.1. The maximum Gasteiger partial charge on any atom is 0.0575 e. The molecule has 13 heavy (non-hydrogen) atoms. The van der Waals surface area contributed by atoms with Crippen molar-refractivity contribution in [2.75, 3.05) is 6.61 Å². The maximum atomic E-state index is 5.72. The molecule has 0 spiro atoms. The molecule has 0 aliphatic rings. The number of hydrogen-bond donors (Lipinski definition) is 0. The van der Waals surface area contributed by atoms with Crippen LogP contribution in [0, 0.1) is 6.92 Å². The van der Waals surface area contributed by atoms with Gasteiger partial charge in [0.25, 0.3) is 0 Å². The summed E-state index contributed by atoms with van der Waals surface area (Å²) in [6.45, 7) is 9.26. The van der Waals surface area contributed by atoms with Crippen molar-refractivity contribution in [2.24, 2.45) is 0 Å². The number of rotatable bonds is 9. The Morgan fingerprint density at radius 3 is 2.38 bits per heavy atom. The minimum absolute atomic E-state index is 0.409. The maximum absolute atomic E-state index is 5.72. The van der Waals surface area contributed by atoms with E-state index < -0.39 is 0 Å². The van der Waals surface area contributed by atoms with Gasteiger partial charge in [0, 0.05) is 6.61 Å². The van der Waals surface area contributed by atoms with Gasteiger partial charge in [-0.25, -0.2) is 0 Å². The number of ether oxygens (including phenoxy) is 1. The van der Waals surface area contributed by atoms with Crippen molar-refractivity contribution < 1.29 is 4.74 Å². The van der Waals surface area contributed by atoms with Gasteiger partial charge in [0.1, 0.15) is 0 Å². The highest BCUT2D eigenvalue weighted by atomic mass is 16.5. The van der Waals surface area contributed by atoms with Gasteiger partial charge < -0.3 is 4.74 Å². The summed E-state index contributed by atoms with van der Waals surface area (Å²) in [5.41, 5.74) is 0. The van der Waals surface area contributed by atoms with E-state index in [0.29, 0.717) is 6.10 Å². The summed E-state index contributed by atoms with van der Waals surface area (Å²) >= 11 is 0. The molecule has 0 saturated carbocycles. The summed E-state index contributed by atoms with van der Waals surface area (Å²) in [4.78, 5) is 0. The standard InChI is InChI=1S/C12H25O/c1-4-7-8-9-11-13-12(6-3)10-5-2/h12H,3-11H2,1-2H3. The monoisotopic (exact) mass is 185 g/mol. The topological polar surface area (TPSA) is 9.23 Å². The molecular weight excluding hydrogens is 160 g/mol. The van der Waals surface area contributed by atoms with E-state index in [9.17, 15) is 0 Å². The Hall–Kier alpha value is -0.0400. The van der Waals surface area contributed by atoms with Gasteiger partial charge in [0.2, 0.25) is 0 Å². The molecule has 0 aromatic heterocycles. The molecule has 0 aromatic rings. The van der Waals surface area contributed by atoms with Crippen LogP contribution in [0.5, 0.6) is 0 Å². The van der Waals surface area contributed by atoms with Crippen molar-refractivity contribution in [3.8, 4) is 0 Å². The van der Waals surface area contributed by atoms with Crippen molar-refractivity contribution >= 4 is 0 Å². The van der Waals surface area contributed by atoms with Crippen molar-refractivity contribution in [3.05, 3.63) is 6.92 Å². The van der Waals surface area contributed by atoms with Crippen molar-refractivity contribution in [1.82, 2.24) is 0 Å².